The number of aldehydes is 1. The molecule has 1 fully saturated rings. The molecule has 3 heteroatoms. The Balaban J connectivity index is 1.64. The number of nitrogens with one attached hydrogen (secondary N) is 1. The molecule has 2 atom stereocenters. The van der Waals surface area contributed by atoms with Crippen LogP contribution in [0.5, 0.6) is 5.75 Å². The summed E-state index contributed by atoms with van der Waals surface area (Å²) in [6.45, 7) is 6.95. The zero-order chi connectivity index (χ0) is 13.5. The zero-order valence-electron chi connectivity index (χ0n) is 11.7. The van der Waals surface area contributed by atoms with Crippen molar-refractivity contribution in [1.82, 2.24) is 0 Å². The van der Waals surface area contributed by atoms with Crippen molar-refractivity contribution in [2.45, 2.75) is 26.2 Å². The normalized spacial score (nSPS) is 23.0. The molecule has 1 aromatic rings. The highest BCUT2D eigenvalue weighted by atomic mass is 16.5. The van der Waals surface area contributed by atoms with Crippen molar-refractivity contribution >= 4 is 6.29 Å². The maximum absolute atomic E-state index is 10.5. The third kappa shape index (κ3) is 4.67. The van der Waals surface area contributed by atoms with Crippen molar-refractivity contribution in [3.63, 3.8) is 0 Å². The molecule has 1 saturated heterocycles. The molecule has 0 aliphatic carbocycles. The zero-order valence-corrected chi connectivity index (χ0v) is 11.7. The van der Waals surface area contributed by atoms with E-state index in [1.807, 2.05) is 12.1 Å². The van der Waals surface area contributed by atoms with E-state index >= 15 is 0 Å². The third-order valence-electron chi connectivity index (χ3n) is 3.82. The molecule has 3 nitrogen and oxygen atoms in total. The molecular formula is C16H24NO2+. The lowest BCUT2D eigenvalue weighted by Crippen LogP contribution is -3.13. The summed E-state index contributed by atoms with van der Waals surface area (Å²) in [5, 5.41) is 0. The minimum Gasteiger partial charge on any atom is -0.493 e. The minimum atomic E-state index is 0.694. The Labute approximate surface area is 115 Å². The largest absolute Gasteiger partial charge is 0.493 e. The van der Waals surface area contributed by atoms with E-state index in [0.29, 0.717) is 5.56 Å². The number of hydrogen-bond acceptors (Lipinski definition) is 2. The van der Waals surface area contributed by atoms with Gasteiger partial charge in [-0.25, -0.2) is 0 Å². The van der Waals surface area contributed by atoms with Gasteiger partial charge in [0.1, 0.15) is 12.0 Å². The van der Waals surface area contributed by atoms with Gasteiger partial charge in [0.2, 0.25) is 0 Å². The summed E-state index contributed by atoms with van der Waals surface area (Å²) >= 11 is 0. The van der Waals surface area contributed by atoms with Crippen LogP contribution in [-0.4, -0.2) is 32.5 Å². The molecule has 0 aromatic heterocycles. The van der Waals surface area contributed by atoms with Gasteiger partial charge < -0.3 is 9.64 Å². The number of quaternary nitrogens is 1. The van der Waals surface area contributed by atoms with Gasteiger partial charge in [-0.05, 0) is 37.1 Å². The van der Waals surface area contributed by atoms with E-state index in [0.717, 1.165) is 31.0 Å². The summed E-state index contributed by atoms with van der Waals surface area (Å²) in [4.78, 5) is 12.3. The van der Waals surface area contributed by atoms with E-state index in [9.17, 15) is 4.79 Å². The van der Waals surface area contributed by atoms with Crippen LogP contribution in [0.3, 0.4) is 0 Å². The van der Waals surface area contributed by atoms with Crippen molar-refractivity contribution in [2.75, 3.05) is 26.2 Å². The molecule has 0 radical (unpaired) electrons. The molecule has 0 amide bonds. The molecule has 1 aliphatic heterocycles. The number of carbonyl (C=O) groups is 1. The lowest BCUT2D eigenvalue weighted by atomic mass is 10.0. The summed E-state index contributed by atoms with van der Waals surface area (Å²) in [6, 6.07) is 7.30. The van der Waals surface area contributed by atoms with Crippen LogP contribution in [0.25, 0.3) is 0 Å². The third-order valence-corrected chi connectivity index (χ3v) is 3.82. The predicted octanol–water partition coefficient (Wildman–Crippen LogP) is 1.58. The first-order valence-corrected chi connectivity index (χ1v) is 7.29. The second kappa shape index (κ2) is 7.29. The van der Waals surface area contributed by atoms with Gasteiger partial charge >= 0.3 is 0 Å². The lowest BCUT2D eigenvalue weighted by molar-refractivity contribution is -0.908. The topological polar surface area (TPSA) is 30.7 Å². The van der Waals surface area contributed by atoms with Gasteiger partial charge in [-0.2, -0.15) is 0 Å². The van der Waals surface area contributed by atoms with Gasteiger partial charge in [0, 0.05) is 17.9 Å². The van der Waals surface area contributed by atoms with Gasteiger partial charge in [-0.15, -0.1) is 0 Å². The van der Waals surface area contributed by atoms with Gasteiger partial charge in [0.05, 0.1) is 26.2 Å². The number of rotatable bonds is 6. The van der Waals surface area contributed by atoms with E-state index < -0.39 is 0 Å². The molecule has 1 unspecified atom stereocenters. The number of benzene rings is 1. The number of ether oxygens (including phenoxy) is 1. The van der Waals surface area contributed by atoms with E-state index in [2.05, 4.69) is 6.92 Å². The summed E-state index contributed by atoms with van der Waals surface area (Å²) in [5.74, 6) is 1.73. The summed E-state index contributed by atoms with van der Waals surface area (Å²) < 4.78 is 5.69. The second-order valence-corrected chi connectivity index (χ2v) is 5.59. The van der Waals surface area contributed by atoms with Crippen molar-refractivity contribution < 1.29 is 14.4 Å². The SMILES string of the molecule is C[C@H]1CCC[NH+](CCCOc2ccc(C=O)cc2)C1. The Hall–Kier alpha value is -1.35. The first kappa shape index (κ1) is 14.1. The number of likely N-dealkylation sites (tertiary alicyclic amines) is 1. The Morgan fingerprint density at radius 1 is 1.37 bits per heavy atom. The monoisotopic (exact) mass is 262 g/mol. The molecular weight excluding hydrogens is 238 g/mol. The van der Waals surface area contributed by atoms with Crippen LogP contribution in [0.2, 0.25) is 0 Å². The smallest absolute Gasteiger partial charge is 0.150 e. The van der Waals surface area contributed by atoms with Gasteiger partial charge in [0.25, 0.3) is 0 Å². The Kier molecular flexibility index (Phi) is 5.40. The van der Waals surface area contributed by atoms with Crippen molar-refractivity contribution in [3.05, 3.63) is 29.8 Å². The van der Waals surface area contributed by atoms with Crippen LogP contribution in [0.1, 0.15) is 36.5 Å². The van der Waals surface area contributed by atoms with Crippen molar-refractivity contribution in [1.29, 1.82) is 0 Å². The van der Waals surface area contributed by atoms with Crippen LogP contribution in [-0.2, 0) is 0 Å². The van der Waals surface area contributed by atoms with Crippen LogP contribution >= 0.6 is 0 Å². The van der Waals surface area contributed by atoms with E-state index in [-0.39, 0.29) is 0 Å². The van der Waals surface area contributed by atoms with Crippen molar-refractivity contribution in [2.24, 2.45) is 5.92 Å². The average Bonchev–Trinajstić information content (AvgIpc) is 2.44. The summed E-state index contributed by atoms with van der Waals surface area (Å²) in [6.07, 6.45) is 4.70. The molecule has 0 spiro atoms. The molecule has 2 rings (SSSR count). The fourth-order valence-electron chi connectivity index (χ4n) is 2.78. The predicted molar refractivity (Wildman–Crippen MR) is 75.9 cm³/mol. The highest BCUT2D eigenvalue weighted by Gasteiger charge is 2.18. The number of hydrogen-bond donors (Lipinski definition) is 1. The Bertz CT molecular complexity index is 388. The fraction of sp³-hybridized carbons (Fsp3) is 0.562. The van der Waals surface area contributed by atoms with Gasteiger partial charge in [-0.3, -0.25) is 4.79 Å². The highest BCUT2D eigenvalue weighted by molar-refractivity contribution is 5.74. The van der Waals surface area contributed by atoms with Crippen molar-refractivity contribution in [3.8, 4) is 5.75 Å². The maximum Gasteiger partial charge on any atom is 0.150 e. The Morgan fingerprint density at radius 2 is 2.16 bits per heavy atom. The molecule has 1 aliphatic rings. The lowest BCUT2D eigenvalue weighted by Gasteiger charge is -2.27. The maximum atomic E-state index is 10.5. The fourth-order valence-corrected chi connectivity index (χ4v) is 2.78. The van der Waals surface area contributed by atoms with Crippen LogP contribution in [0.4, 0.5) is 0 Å². The average molecular weight is 262 g/mol. The molecule has 0 saturated carbocycles. The van der Waals surface area contributed by atoms with E-state index in [4.69, 9.17) is 4.74 Å². The van der Waals surface area contributed by atoms with Crippen LogP contribution < -0.4 is 9.64 Å². The molecule has 19 heavy (non-hydrogen) atoms. The van der Waals surface area contributed by atoms with E-state index in [1.54, 1.807) is 17.0 Å². The van der Waals surface area contributed by atoms with Gasteiger partial charge in [0.15, 0.2) is 0 Å². The van der Waals surface area contributed by atoms with Crippen LogP contribution in [0, 0.1) is 5.92 Å². The van der Waals surface area contributed by atoms with E-state index in [1.165, 1.54) is 32.5 Å². The molecule has 1 N–H and O–H groups in total. The van der Waals surface area contributed by atoms with Gasteiger partial charge in [-0.1, -0.05) is 6.92 Å². The molecule has 0 bridgehead atoms. The number of carbonyl (C=O) groups excluding carboxylic acids is 1. The summed E-state index contributed by atoms with van der Waals surface area (Å²) in [7, 11) is 0. The molecule has 1 aromatic carbocycles. The minimum absolute atomic E-state index is 0.694. The standard InChI is InChI=1S/C16H23NO2/c1-14-4-2-9-17(12-14)10-3-11-19-16-7-5-15(13-18)6-8-16/h5-8,13-14H,2-4,9-12H2,1H3/p+1/t14-/m0/s1. The quantitative estimate of drug-likeness (QED) is 0.623. The Morgan fingerprint density at radius 3 is 2.84 bits per heavy atom. The first-order chi connectivity index (χ1) is 9.28. The highest BCUT2D eigenvalue weighted by Crippen LogP contribution is 2.11. The van der Waals surface area contributed by atoms with Crippen LogP contribution in [0.15, 0.2) is 24.3 Å². The summed E-state index contributed by atoms with van der Waals surface area (Å²) in [5.41, 5.74) is 0.694. The second-order valence-electron chi connectivity index (χ2n) is 5.59. The first-order valence-electron chi connectivity index (χ1n) is 7.29. The number of piperidine rings is 1. The molecule has 104 valence electrons. The molecule has 1 heterocycles.